The highest BCUT2D eigenvalue weighted by atomic mass is 32.2. The van der Waals surface area contributed by atoms with Crippen LogP contribution in [0.1, 0.15) is 16.6 Å². The molecule has 1 atom stereocenters. The minimum atomic E-state index is -0.906. The molecule has 88 valence electrons. The lowest BCUT2D eigenvalue weighted by Gasteiger charge is -2.07. The van der Waals surface area contributed by atoms with Crippen LogP contribution < -0.4 is 5.32 Å². The van der Waals surface area contributed by atoms with Crippen LogP contribution in [0.25, 0.3) is 0 Å². The third-order valence-corrected chi connectivity index (χ3v) is 3.87. The molecule has 0 spiro atoms. The lowest BCUT2D eigenvalue weighted by molar-refractivity contribution is -0.140. The van der Waals surface area contributed by atoms with E-state index in [1.807, 2.05) is 17.7 Å². The summed E-state index contributed by atoms with van der Waals surface area (Å²) < 4.78 is 0. The number of carbonyl (C=O) groups excluding carboxylic acids is 1. The molecule has 4 nitrogen and oxygen atoms in total. The maximum absolute atomic E-state index is 11.7. The second kappa shape index (κ2) is 5.91. The van der Waals surface area contributed by atoms with Gasteiger partial charge in [0.15, 0.2) is 0 Å². The van der Waals surface area contributed by atoms with Crippen molar-refractivity contribution in [3.63, 3.8) is 0 Å². The number of carboxylic acids is 1. The molecule has 2 N–H and O–H groups in total. The number of hydrogen-bond donors (Lipinski definition) is 2. The van der Waals surface area contributed by atoms with Crippen molar-refractivity contribution in [1.29, 1.82) is 0 Å². The van der Waals surface area contributed by atoms with Gasteiger partial charge < -0.3 is 10.4 Å². The zero-order valence-corrected chi connectivity index (χ0v) is 10.7. The molecule has 1 heterocycles. The average Bonchev–Trinajstić information content (AvgIpc) is 2.73. The summed E-state index contributed by atoms with van der Waals surface area (Å²) >= 11 is 2.87. The van der Waals surface area contributed by atoms with E-state index in [0.717, 1.165) is 4.90 Å². The minimum Gasteiger partial charge on any atom is -0.481 e. The van der Waals surface area contributed by atoms with Gasteiger partial charge in [-0.2, -0.15) is 0 Å². The first kappa shape index (κ1) is 13.1. The number of amides is 1. The Balaban J connectivity index is 2.56. The highest BCUT2D eigenvalue weighted by Crippen LogP contribution is 2.25. The van der Waals surface area contributed by atoms with E-state index < -0.39 is 11.9 Å². The molecule has 1 aromatic heterocycles. The second-order valence-corrected chi connectivity index (χ2v) is 5.03. The first-order valence-electron chi connectivity index (χ1n) is 4.68. The van der Waals surface area contributed by atoms with Crippen molar-refractivity contribution < 1.29 is 14.7 Å². The molecule has 1 unspecified atom stereocenters. The molecule has 6 heteroatoms. The summed E-state index contributed by atoms with van der Waals surface area (Å²) in [6.07, 6.45) is 1.90. The third kappa shape index (κ3) is 3.24. The van der Waals surface area contributed by atoms with Crippen LogP contribution in [0.3, 0.4) is 0 Å². The monoisotopic (exact) mass is 259 g/mol. The van der Waals surface area contributed by atoms with Crippen molar-refractivity contribution in [2.75, 3.05) is 12.8 Å². The Morgan fingerprint density at radius 1 is 1.62 bits per heavy atom. The number of hydrogen-bond acceptors (Lipinski definition) is 4. The molecule has 0 aliphatic carbocycles. The van der Waals surface area contributed by atoms with Gasteiger partial charge >= 0.3 is 5.97 Å². The van der Waals surface area contributed by atoms with E-state index in [1.165, 1.54) is 23.1 Å². The van der Waals surface area contributed by atoms with Crippen LogP contribution in [0.2, 0.25) is 0 Å². The Morgan fingerprint density at radius 2 is 2.31 bits per heavy atom. The first-order chi connectivity index (χ1) is 7.56. The SMILES string of the molecule is CSc1ccsc1C(=O)NCC(C)C(=O)O. The molecular formula is C10H13NO3S2. The number of thioether (sulfide) groups is 1. The lowest BCUT2D eigenvalue weighted by Crippen LogP contribution is -2.31. The normalized spacial score (nSPS) is 12.1. The molecule has 16 heavy (non-hydrogen) atoms. The molecule has 0 saturated heterocycles. The van der Waals surface area contributed by atoms with Gasteiger partial charge in [0.1, 0.15) is 4.88 Å². The fourth-order valence-corrected chi connectivity index (χ4v) is 2.70. The van der Waals surface area contributed by atoms with Crippen LogP contribution in [0.4, 0.5) is 0 Å². The van der Waals surface area contributed by atoms with Crippen molar-refractivity contribution in [2.24, 2.45) is 5.92 Å². The van der Waals surface area contributed by atoms with Crippen LogP contribution in [0.15, 0.2) is 16.3 Å². The molecule has 1 amide bonds. The molecule has 0 aliphatic rings. The number of thiophene rings is 1. The Hall–Kier alpha value is -1.01. The molecule has 0 radical (unpaired) electrons. The van der Waals surface area contributed by atoms with Crippen LogP contribution in [-0.4, -0.2) is 29.8 Å². The largest absolute Gasteiger partial charge is 0.481 e. The zero-order valence-electron chi connectivity index (χ0n) is 9.02. The molecule has 0 saturated carbocycles. The van der Waals surface area contributed by atoms with E-state index in [-0.39, 0.29) is 12.5 Å². The lowest BCUT2D eigenvalue weighted by atomic mass is 10.2. The summed E-state index contributed by atoms with van der Waals surface area (Å²) in [5.41, 5.74) is 0. The highest BCUT2D eigenvalue weighted by molar-refractivity contribution is 7.98. The molecule has 1 rings (SSSR count). The van der Waals surface area contributed by atoms with E-state index >= 15 is 0 Å². The van der Waals surface area contributed by atoms with Gasteiger partial charge in [-0.05, 0) is 17.7 Å². The smallest absolute Gasteiger partial charge is 0.308 e. The Kier molecular flexibility index (Phi) is 4.82. The van der Waals surface area contributed by atoms with Crippen molar-refractivity contribution >= 4 is 35.0 Å². The number of carboxylic acid groups (broad SMARTS) is 1. The van der Waals surface area contributed by atoms with Crippen molar-refractivity contribution in [1.82, 2.24) is 5.32 Å². The fraction of sp³-hybridized carbons (Fsp3) is 0.400. The van der Waals surface area contributed by atoms with E-state index in [9.17, 15) is 9.59 Å². The van der Waals surface area contributed by atoms with Gasteiger partial charge in [-0.25, -0.2) is 0 Å². The van der Waals surface area contributed by atoms with Gasteiger partial charge in [0.05, 0.1) is 5.92 Å². The third-order valence-electron chi connectivity index (χ3n) is 2.05. The molecule has 0 fully saturated rings. The quantitative estimate of drug-likeness (QED) is 0.793. The predicted octanol–water partition coefficient (Wildman–Crippen LogP) is 1.92. The maximum Gasteiger partial charge on any atom is 0.308 e. The summed E-state index contributed by atoms with van der Waals surface area (Å²) in [5, 5.41) is 13.1. The van der Waals surface area contributed by atoms with Gasteiger partial charge in [-0.1, -0.05) is 6.92 Å². The Bertz CT molecular complexity index is 389. The molecule has 0 aliphatic heterocycles. The fourth-order valence-electron chi connectivity index (χ4n) is 1.04. The topological polar surface area (TPSA) is 66.4 Å². The number of nitrogens with one attached hydrogen (secondary N) is 1. The van der Waals surface area contributed by atoms with Gasteiger partial charge in [-0.15, -0.1) is 23.1 Å². The van der Waals surface area contributed by atoms with Gasteiger partial charge in [-0.3, -0.25) is 9.59 Å². The molecule has 0 aromatic carbocycles. The second-order valence-electron chi connectivity index (χ2n) is 3.27. The maximum atomic E-state index is 11.7. The summed E-state index contributed by atoms with van der Waals surface area (Å²) in [4.78, 5) is 23.8. The standard InChI is InChI=1S/C10H13NO3S2/c1-6(10(13)14)5-11-9(12)8-7(15-2)3-4-16-8/h3-4,6H,5H2,1-2H3,(H,11,12)(H,13,14). The molecule has 1 aromatic rings. The van der Waals surface area contributed by atoms with E-state index in [4.69, 9.17) is 5.11 Å². The van der Waals surface area contributed by atoms with Crippen LogP contribution >= 0.6 is 23.1 Å². The Labute approximate surface area is 102 Å². The van der Waals surface area contributed by atoms with E-state index in [2.05, 4.69) is 5.32 Å². The van der Waals surface area contributed by atoms with E-state index in [0.29, 0.717) is 4.88 Å². The minimum absolute atomic E-state index is 0.153. The number of carbonyl (C=O) groups is 2. The summed E-state index contributed by atoms with van der Waals surface area (Å²) in [6, 6.07) is 1.88. The summed E-state index contributed by atoms with van der Waals surface area (Å²) in [6.45, 7) is 1.71. The van der Waals surface area contributed by atoms with E-state index in [1.54, 1.807) is 6.92 Å². The predicted molar refractivity (Wildman–Crippen MR) is 65.2 cm³/mol. The molecule has 0 bridgehead atoms. The van der Waals surface area contributed by atoms with Crippen molar-refractivity contribution in [3.05, 3.63) is 16.3 Å². The van der Waals surface area contributed by atoms with Crippen molar-refractivity contribution in [2.45, 2.75) is 11.8 Å². The summed E-state index contributed by atoms with van der Waals surface area (Å²) in [7, 11) is 0. The van der Waals surface area contributed by atoms with Gasteiger partial charge in [0, 0.05) is 11.4 Å². The first-order valence-corrected chi connectivity index (χ1v) is 6.79. The van der Waals surface area contributed by atoms with Crippen LogP contribution in [0.5, 0.6) is 0 Å². The van der Waals surface area contributed by atoms with Crippen LogP contribution in [0, 0.1) is 5.92 Å². The highest BCUT2D eigenvalue weighted by Gasteiger charge is 2.15. The average molecular weight is 259 g/mol. The number of aliphatic carboxylic acids is 1. The number of rotatable bonds is 5. The van der Waals surface area contributed by atoms with Crippen LogP contribution in [-0.2, 0) is 4.79 Å². The van der Waals surface area contributed by atoms with Gasteiger partial charge in [0.25, 0.3) is 5.91 Å². The zero-order chi connectivity index (χ0) is 12.1. The van der Waals surface area contributed by atoms with Gasteiger partial charge in [0.2, 0.25) is 0 Å². The summed E-state index contributed by atoms with van der Waals surface area (Å²) in [5.74, 6) is -1.68. The Morgan fingerprint density at radius 3 is 2.88 bits per heavy atom. The molecular weight excluding hydrogens is 246 g/mol. The van der Waals surface area contributed by atoms with Crippen molar-refractivity contribution in [3.8, 4) is 0 Å².